The topological polar surface area (TPSA) is 51.2 Å². The maximum absolute atomic E-state index is 11.6. The summed E-state index contributed by atoms with van der Waals surface area (Å²) in [5, 5.41) is 3.93. The monoisotopic (exact) mass is 304 g/mol. The number of nitrogens with one attached hydrogen (secondary N) is 1. The van der Waals surface area contributed by atoms with Crippen LogP contribution in [0.3, 0.4) is 0 Å². The van der Waals surface area contributed by atoms with Crippen LogP contribution in [0.1, 0.15) is 40.7 Å². The first kappa shape index (κ1) is 15.5. The summed E-state index contributed by atoms with van der Waals surface area (Å²) in [6, 6.07) is 8.33. The van der Waals surface area contributed by atoms with E-state index in [1.807, 2.05) is 19.1 Å². The average molecular weight is 304 g/mol. The van der Waals surface area contributed by atoms with Crippen molar-refractivity contribution in [3.8, 4) is 0 Å². The summed E-state index contributed by atoms with van der Waals surface area (Å²) >= 11 is 1.31. The van der Waals surface area contributed by atoms with Gasteiger partial charge in [0.1, 0.15) is 4.88 Å². The van der Waals surface area contributed by atoms with Gasteiger partial charge in [0.05, 0.1) is 12.8 Å². The second-order valence-electron chi connectivity index (χ2n) is 4.85. The molecule has 1 aromatic heterocycles. The van der Waals surface area contributed by atoms with E-state index < -0.39 is 0 Å². The first-order valence-corrected chi connectivity index (χ1v) is 7.87. The Morgan fingerprint density at radius 3 is 2.67 bits per heavy atom. The molecule has 0 aliphatic heterocycles. The molecule has 2 aromatic rings. The van der Waals surface area contributed by atoms with E-state index in [2.05, 4.69) is 29.4 Å². The van der Waals surface area contributed by atoms with E-state index in [1.165, 1.54) is 36.9 Å². The van der Waals surface area contributed by atoms with Gasteiger partial charge in [-0.1, -0.05) is 36.8 Å². The van der Waals surface area contributed by atoms with Gasteiger partial charge in [-0.2, -0.15) is 0 Å². The number of thiazole rings is 1. The van der Waals surface area contributed by atoms with E-state index in [0.717, 1.165) is 12.1 Å². The molecule has 0 radical (unpaired) electrons. The minimum absolute atomic E-state index is 0.340. The molecule has 4 nitrogen and oxygen atoms in total. The highest BCUT2D eigenvalue weighted by Gasteiger charge is 2.15. The van der Waals surface area contributed by atoms with E-state index in [1.54, 1.807) is 0 Å². The molecule has 0 spiro atoms. The van der Waals surface area contributed by atoms with Gasteiger partial charge in [-0.15, -0.1) is 0 Å². The molecular weight excluding hydrogens is 284 g/mol. The minimum Gasteiger partial charge on any atom is -0.465 e. The third-order valence-electron chi connectivity index (χ3n) is 3.19. The number of anilines is 2. The number of esters is 1. The summed E-state index contributed by atoms with van der Waals surface area (Å²) in [4.78, 5) is 16.5. The lowest BCUT2D eigenvalue weighted by atomic mass is 10.1. The third-order valence-corrected chi connectivity index (χ3v) is 4.24. The van der Waals surface area contributed by atoms with Gasteiger partial charge in [-0.25, -0.2) is 9.78 Å². The van der Waals surface area contributed by atoms with Gasteiger partial charge < -0.3 is 10.1 Å². The van der Waals surface area contributed by atoms with E-state index in [9.17, 15) is 4.79 Å². The number of aryl methyl sites for hydroxylation is 2. The standard InChI is InChI=1S/C16H20N2O2S/c1-4-5-6-12-7-9-13(10-8-12)18-16-17-11(2)14(21-16)15(19)20-3/h7-10H,4-6H2,1-3H3,(H,17,18). The van der Waals surface area contributed by atoms with Gasteiger partial charge in [-0.05, 0) is 37.5 Å². The summed E-state index contributed by atoms with van der Waals surface area (Å²) in [5.74, 6) is -0.340. The van der Waals surface area contributed by atoms with E-state index >= 15 is 0 Å². The van der Waals surface area contributed by atoms with Gasteiger partial charge in [0.15, 0.2) is 5.13 Å². The van der Waals surface area contributed by atoms with E-state index in [0.29, 0.717) is 15.7 Å². The average Bonchev–Trinajstić information content (AvgIpc) is 2.86. The fraction of sp³-hybridized carbons (Fsp3) is 0.375. The van der Waals surface area contributed by atoms with Crippen molar-refractivity contribution >= 4 is 28.1 Å². The van der Waals surface area contributed by atoms with Crippen molar-refractivity contribution in [2.45, 2.75) is 33.1 Å². The Balaban J connectivity index is 2.06. The maximum Gasteiger partial charge on any atom is 0.350 e. The molecule has 0 atom stereocenters. The predicted molar refractivity (Wildman–Crippen MR) is 86.5 cm³/mol. The van der Waals surface area contributed by atoms with Gasteiger partial charge in [0.2, 0.25) is 0 Å². The lowest BCUT2D eigenvalue weighted by Crippen LogP contribution is -1.99. The number of aromatic nitrogens is 1. The zero-order valence-electron chi connectivity index (χ0n) is 12.6. The Morgan fingerprint density at radius 1 is 1.33 bits per heavy atom. The molecule has 0 saturated carbocycles. The molecular formula is C16H20N2O2S. The maximum atomic E-state index is 11.6. The van der Waals surface area contributed by atoms with Crippen LogP contribution in [0.25, 0.3) is 0 Å². The molecule has 5 heteroatoms. The molecule has 0 saturated heterocycles. The normalized spacial score (nSPS) is 10.4. The summed E-state index contributed by atoms with van der Waals surface area (Å²) < 4.78 is 4.74. The first-order valence-electron chi connectivity index (χ1n) is 7.05. The molecule has 0 aliphatic carbocycles. The first-order chi connectivity index (χ1) is 10.1. The molecule has 1 N–H and O–H groups in total. The molecule has 1 heterocycles. The van der Waals surface area contributed by atoms with Crippen LogP contribution >= 0.6 is 11.3 Å². The van der Waals surface area contributed by atoms with Crippen LogP contribution < -0.4 is 5.32 Å². The van der Waals surface area contributed by atoms with Crippen LogP contribution in [0.15, 0.2) is 24.3 Å². The summed E-state index contributed by atoms with van der Waals surface area (Å²) in [7, 11) is 1.38. The Bertz CT molecular complexity index is 605. The molecule has 0 unspecified atom stereocenters. The van der Waals surface area contributed by atoms with Crippen molar-refractivity contribution in [1.29, 1.82) is 0 Å². The number of ether oxygens (including phenoxy) is 1. The Kier molecular flexibility index (Phi) is 5.33. The van der Waals surface area contributed by atoms with Crippen molar-refractivity contribution in [2.24, 2.45) is 0 Å². The zero-order valence-corrected chi connectivity index (χ0v) is 13.4. The number of hydrogen-bond acceptors (Lipinski definition) is 5. The van der Waals surface area contributed by atoms with E-state index in [-0.39, 0.29) is 5.97 Å². The molecule has 0 aliphatic rings. The second-order valence-corrected chi connectivity index (χ2v) is 5.85. The quantitative estimate of drug-likeness (QED) is 0.807. The molecule has 0 bridgehead atoms. The fourth-order valence-electron chi connectivity index (χ4n) is 1.99. The van der Waals surface area contributed by atoms with Crippen LogP contribution in [0.4, 0.5) is 10.8 Å². The van der Waals surface area contributed by atoms with Gasteiger partial charge in [0.25, 0.3) is 0 Å². The largest absolute Gasteiger partial charge is 0.465 e. The highest BCUT2D eigenvalue weighted by molar-refractivity contribution is 7.17. The van der Waals surface area contributed by atoms with Crippen LogP contribution in [-0.4, -0.2) is 18.1 Å². The van der Waals surface area contributed by atoms with E-state index in [4.69, 9.17) is 4.74 Å². The van der Waals surface area contributed by atoms with Crippen LogP contribution in [-0.2, 0) is 11.2 Å². The second kappa shape index (κ2) is 7.22. The van der Waals surface area contributed by atoms with Crippen molar-refractivity contribution < 1.29 is 9.53 Å². The number of methoxy groups -OCH3 is 1. The highest BCUT2D eigenvalue weighted by atomic mass is 32.1. The molecule has 1 aromatic carbocycles. The number of unbranched alkanes of at least 4 members (excludes halogenated alkanes) is 1. The van der Waals surface area contributed by atoms with Crippen molar-refractivity contribution in [2.75, 3.05) is 12.4 Å². The Morgan fingerprint density at radius 2 is 2.05 bits per heavy atom. The smallest absolute Gasteiger partial charge is 0.350 e. The fourth-order valence-corrected chi connectivity index (χ4v) is 2.90. The number of carbonyl (C=O) groups is 1. The van der Waals surface area contributed by atoms with Crippen LogP contribution in [0.2, 0.25) is 0 Å². The lowest BCUT2D eigenvalue weighted by molar-refractivity contribution is 0.0605. The summed E-state index contributed by atoms with van der Waals surface area (Å²) in [6.07, 6.45) is 3.52. The zero-order chi connectivity index (χ0) is 15.2. The number of benzene rings is 1. The third kappa shape index (κ3) is 4.04. The molecule has 0 amide bonds. The number of rotatable bonds is 6. The summed E-state index contributed by atoms with van der Waals surface area (Å²) in [6.45, 7) is 4.00. The lowest BCUT2D eigenvalue weighted by Gasteiger charge is -2.04. The molecule has 2 rings (SSSR count). The van der Waals surface area contributed by atoms with Crippen molar-refractivity contribution in [1.82, 2.24) is 4.98 Å². The van der Waals surface area contributed by atoms with Gasteiger partial charge in [-0.3, -0.25) is 0 Å². The summed E-state index contributed by atoms with van der Waals surface area (Å²) in [5.41, 5.74) is 3.00. The Hall–Kier alpha value is -1.88. The molecule has 112 valence electrons. The highest BCUT2D eigenvalue weighted by Crippen LogP contribution is 2.26. The van der Waals surface area contributed by atoms with Crippen LogP contribution in [0.5, 0.6) is 0 Å². The van der Waals surface area contributed by atoms with Gasteiger partial charge in [0, 0.05) is 5.69 Å². The number of nitrogens with zero attached hydrogens (tertiary/aromatic N) is 1. The van der Waals surface area contributed by atoms with Crippen molar-refractivity contribution in [3.63, 3.8) is 0 Å². The van der Waals surface area contributed by atoms with Crippen LogP contribution in [0, 0.1) is 6.92 Å². The van der Waals surface area contributed by atoms with Crippen molar-refractivity contribution in [3.05, 3.63) is 40.4 Å². The minimum atomic E-state index is -0.340. The molecule has 21 heavy (non-hydrogen) atoms. The SMILES string of the molecule is CCCCc1ccc(Nc2nc(C)c(C(=O)OC)s2)cc1. The van der Waals surface area contributed by atoms with Gasteiger partial charge >= 0.3 is 5.97 Å². The predicted octanol–water partition coefficient (Wildman–Crippen LogP) is 4.32. The number of hydrogen-bond donors (Lipinski definition) is 1. The Labute approximate surface area is 129 Å². The number of carbonyl (C=O) groups excluding carboxylic acids is 1. The molecule has 0 fully saturated rings.